The van der Waals surface area contributed by atoms with Crippen LogP contribution >= 0.6 is 0 Å². The first-order valence-electron chi connectivity index (χ1n) is 8.82. The van der Waals surface area contributed by atoms with Crippen molar-refractivity contribution >= 4 is 23.3 Å². The van der Waals surface area contributed by atoms with Gasteiger partial charge in [-0.05, 0) is 32.6 Å². The van der Waals surface area contributed by atoms with E-state index in [1.165, 1.54) is 6.42 Å². The maximum absolute atomic E-state index is 11.6. The normalized spacial score (nSPS) is 27.4. The predicted octanol–water partition coefficient (Wildman–Crippen LogP) is 1.82. The highest BCUT2D eigenvalue weighted by Gasteiger charge is 2.33. The number of rotatable bonds is 3. The molecule has 2 saturated heterocycles. The topological polar surface area (TPSA) is 111 Å². The highest BCUT2D eigenvalue weighted by Crippen LogP contribution is 2.35. The van der Waals surface area contributed by atoms with Crippen molar-refractivity contribution in [1.29, 1.82) is 0 Å². The summed E-state index contributed by atoms with van der Waals surface area (Å²) in [5.41, 5.74) is 5.75. The minimum Gasteiger partial charge on any atom is -0.378 e. The highest BCUT2D eigenvalue weighted by atomic mass is 16.6. The first-order chi connectivity index (χ1) is 11.8. The Morgan fingerprint density at radius 3 is 2.44 bits per heavy atom. The average Bonchev–Trinajstić information content (AvgIpc) is 2.52. The van der Waals surface area contributed by atoms with E-state index in [0.717, 1.165) is 19.5 Å². The molecule has 0 aromatic carbocycles. The summed E-state index contributed by atoms with van der Waals surface area (Å²) in [6, 6.07) is 0. The molecule has 0 spiro atoms. The lowest BCUT2D eigenvalue weighted by atomic mass is 10.0. The van der Waals surface area contributed by atoms with Crippen molar-refractivity contribution in [3.8, 4) is 0 Å². The summed E-state index contributed by atoms with van der Waals surface area (Å²) in [6.45, 7) is 8.85. The molecule has 1 aromatic rings. The van der Waals surface area contributed by atoms with Gasteiger partial charge in [0.2, 0.25) is 17.6 Å². The number of anilines is 3. The van der Waals surface area contributed by atoms with E-state index >= 15 is 0 Å². The minimum atomic E-state index is -0.488. The average molecular weight is 350 g/mol. The number of nitro groups is 1. The molecule has 0 saturated carbocycles. The monoisotopic (exact) mass is 350 g/mol. The Balaban J connectivity index is 2.00. The molecule has 25 heavy (non-hydrogen) atoms. The number of hydrogen-bond donors (Lipinski definition) is 1. The van der Waals surface area contributed by atoms with Gasteiger partial charge in [0.25, 0.3) is 0 Å². The second-order valence-electron chi connectivity index (χ2n) is 7.19. The van der Waals surface area contributed by atoms with Gasteiger partial charge in [-0.25, -0.2) is 0 Å². The van der Waals surface area contributed by atoms with Crippen LogP contribution in [0.5, 0.6) is 0 Å². The third kappa shape index (κ3) is 3.76. The molecule has 2 aliphatic heterocycles. The summed E-state index contributed by atoms with van der Waals surface area (Å²) in [5, 5.41) is 11.6. The van der Waals surface area contributed by atoms with Crippen LogP contribution in [0.4, 0.5) is 23.3 Å². The minimum absolute atomic E-state index is 0.0296. The predicted molar refractivity (Wildman–Crippen MR) is 95.9 cm³/mol. The zero-order chi connectivity index (χ0) is 18.1. The van der Waals surface area contributed by atoms with Crippen molar-refractivity contribution < 1.29 is 9.66 Å². The number of ether oxygens (including phenoxy) is 1. The molecule has 3 heterocycles. The Morgan fingerprint density at radius 2 is 1.84 bits per heavy atom. The first-order valence-corrected chi connectivity index (χ1v) is 8.82. The van der Waals surface area contributed by atoms with Crippen LogP contribution in [0, 0.1) is 16.0 Å². The van der Waals surface area contributed by atoms with Crippen LogP contribution in [0.3, 0.4) is 0 Å². The van der Waals surface area contributed by atoms with Crippen LogP contribution in [0.25, 0.3) is 0 Å². The molecule has 2 fully saturated rings. The van der Waals surface area contributed by atoms with Crippen molar-refractivity contribution in [3.63, 3.8) is 0 Å². The molecule has 9 heteroatoms. The van der Waals surface area contributed by atoms with Gasteiger partial charge >= 0.3 is 5.69 Å². The van der Waals surface area contributed by atoms with Crippen LogP contribution in [0.2, 0.25) is 0 Å². The van der Waals surface area contributed by atoms with Crippen molar-refractivity contribution in [2.45, 2.75) is 45.8 Å². The number of piperidine rings is 1. The SMILES string of the molecule is C[C@H]1CCCN(c2nc(N)c([N+](=O)[O-])c(N3C[C@@H](C)O[C@H](C)C3)n2)C1. The molecule has 0 bridgehead atoms. The van der Waals surface area contributed by atoms with Crippen molar-refractivity contribution in [2.24, 2.45) is 5.92 Å². The third-order valence-corrected chi connectivity index (χ3v) is 4.72. The van der Waals surface area contributed by atoms with E-state index in [4.69, 9.17) is 10.5 Å². The van der Waals surface area contributed by atoms with Gasteiger partial charge in [0, 0.05) is 26.2 Å². The van der Waals surface area contributed by atoms with Gasteiger partial charge in [0.15, 0.2) is 0 Å². The second-order valence-corrected chi connectivity index (χ2v) is 7.19. The van der Waals surface area contributed by atoms with Crippen LogP contribution in [0.15, 0.2) is 0 Å². The number of aromatic nitrogens is 2. The molecule has 2 aliphatic rings. The summed E-state index contributed by atoms with van der Waals surface area (Å²) in [6.07, 6.45) is 2.17. The van der Waals surface area contributed by atoms with Crippen molar-refractivity contribution in [2.75, 3.05) is 41.7 Å². The van der Waals surface area contributed by atoms with Gasteiger partial charge in [0.1, 0.15) is 0 Å². The van der Waals surface area contributed by atoms with Gasteiger partial charge in [-0.3, -0.25) is 10.1 Å². The Morgan fingerprint density at radius 1 is 1.16 bits per heavy atom. The maximum Gasteiger partial charge on any atom is 0.353 e. The van der Waals surface area contributed by atoms with Gasteiger partial charge in [0.05, 0.1) is 17.1 Å². The number of hydrogen-bond acceptors (Lipinski definition) is 8. The fourth-order valence-corrected chi connectivity index (χ4v) is 3.71. The first kappa shape index (κ1) is 17.7. The molecule has 2 N–H and O–H groups in total. The molecule has 0 amide bonds. The van der Waals surface area contributed by atoms with E-state index in [2.05, 4.69) is 21.8 Å². The summed E-state index contributed by atoms with van der Waals surface area (Å²) in [5.74, 6) is 1.25. The largest absolute Gasteiger partial charge is 0.378 e. The number of nitrogens with zero attached hydrogens (tertiary/aromatic N) is 5. The Bertz CT molecular complexity index is 645. The van der Waals surface area contributed by atoms with Crippen molar-refractivity contribution in [3.05, 3.63) is 10.1 Å². The molecule has 0 aliphatic carbocycles. The van der Waals surface area contributed by atoms with Gasteiger partial charge < -0.3 is 20.3 Å². The van der Waals surface area contributed by atoms with Gasteiger partial charge in [-0.1, -0.05) is 6.92 Å². The van der Waals surface area contributed by atoms with E-state index in [1.807, 2.05) is 18.7 Å². The Hall–Kier alpha value is -2.16. The molecular weight excluding hydrogens is 324 g/mol. The van der Waals surface area contributed by atoms with Crippen LogP contribution in [-0.2, 0) is 4.74 Å². The quantitative estimate of drug-likeness (QED) is 0.649. The van der Waals surface area contributed by atoms with E-state index in [1.54, 1.807) is 0 Å². The zero-order valence-electron chi connectivity index (χ0n) is 15.0. The highest BCUT2D eigenvalue weighted by molar-refractivity contribution is 5.71. The lowest BCUT2D eigenvalue weighted by Gasteiger charge is -2.36. The van der Waals surface area contributed by atoms with E-state index in [0.29, 0.717) is 30.8 Å². The van der Waals surface area contributed by atoms with E-state index in [9.17, 15) is 10.1 Å². The summed E-state index contributed by atoms with van der Waals surface area (Å²) >= 11 is 0. The van der Waals surface area contributed by atoms with Crippen LogP contribution in [0.1, 0.15) is 33.6 Å². The maximum atomic E-state index is 11.6. The Labute approximate surface area is 147 Å². The lowest BCUT2D eigenvalue weighted by Crippen LogP contribution is -2.46. The molecule has 3 atom stereocenters. The zero-order valence-corrected chi connectivity index (χ0v) is 15.0. The van der Waals surface area contributed by atoms with E-state index in [-0.39, 0.29) is 23.7 Å². The Kier molecular flexibility index (Phi) is 4.94. The molecule has 3 rings (SSSR count). The number of nitrogen functional groups attached to an aromatic ring is 1. The van der Waals surface area contributed by atoms with E-state index < -0.39 is 4.92 Å². The van der Waals surface area contributed by atoms with Gasteiger partial charge in [-0.2, -0.15) is 9.97 Å². The molecule has 9 nitrogen and oxygen atoms in total. The smallest absolute Gasteiger partial charge is 0.353 e. The molecular formula is C16H26N6O3. The summed E-state index contributed by atoms with van der Waals surface area (Å²) in [7, 11) is 0. The summed E-state index contributed by atoms with van der Waals surface area (Å²) in [4.78, 5) is 23.9. The van der Waals surface area contributed by atoms with Crippen molar-refractivity contribution in [1.82, 2.24) is 9.97 Å². The number of nitrogens with two attached hydrogens (primary N) is 1. The molecule has 138 valence electrons. The second kappa shape index (κ2) is 6.99. The van der Waals surface area contributed by atoms with Gasteiger partial charge in [-0.15, -0.1) is 0 Å². The van der Waals surface area contributed by atoms with Crippen LogP contribution < -0.4 is 15.5 Å². The fraction of sp³-hybridized carbons (Fsp3) is 0.750. The lowest BCUT2D eigenvalue weighted by molar-refractivity contribution is -0.383. The molecule has 0 unspecified atom stereocenters. The molecule has 1 aromatic heterocycles. The van der Waals surface area contributed by atoms with Crippen LogP contribution in [-0.4, -0.2) is 53.3 Å². The summed E-state index contributed by atoms with van der Waals surface area (Å²) < 4.78 is 5.73. The molecule has 0 radical (unpaired) electrons. The fourth-order valence-electron chi connectivity index (χ4n) is 3.71. The standard InChI is InChI=1S/C16H26N6O3/c1-10-5-4-6-20(7-10)16-18-14(17)13(22(23)24)15(19-16)21-8-11(2)25-12(3)9-21/h10-12H,4-9H2,1-3H3,(H2,17,18,19)/t10-,11+,12+/m0/s1. The number of morpholine rings is 1. The third-order valence-electron chi connectivity index (χ3n) is 4.72.